The molecule has 1 aliphatic carbocycles. The first kappa shape index (κ1) is 27.3. The van der Waals surface area contributed by atoms with Gasteiger partial charge in [-0.25, -0.2) is 0 Å². The zero-order valence-electron chi connectivity index (χ0n) is 20.4. The molecule has 0 saturated heterocycles. The Labute approximate surface area is 230 Å². The van der Waals surface area contributed by atoms with Crippen molar-refractivity contribution >= 4 is 68.4 Å². The zero-order chi connectivity index (χ0) is 25.7. The third-order valence-electron chi connectivity index (χ3n) is 6.51. The SMILES string of the molecule is CC(C)CC(NC(=O)c1cc2ccccc2s1)C(=O)NCC1CCC1CNSc1ccc(Cl)cc1Cl. The van der Waals surface area contributed by atoms with Crippen molar-refractivity contribution in [2.45, 2.75) is 44.0 Å². The number of fused-ring (bicyclic) bond motifs is 1. The van der Waals surface area contributed by atoms with Gasteiger partial charge in [0.05, 0.1) is 9.90 Å². The molecule has 2 amide bonds. The third-order valence-corrected chi connectivity index (χ3v) is 9.17. The highest BCUT2D eigenvalue weighted by molar-refractivity contribution is 7.97. The lowest BCUT2D eigenvalue weighted by Crippen LogP contribution is -2.50. The Morgan fingerprint density at radius 3 is 2.50 bits per heavy atom. The van der Waals surface area contributed by atoms with Gasteiger partial charge in [-0.3, -0.25) is 14.3 Å². The quantitative estimate of drug-likeness (QED) is 0.224. The first-order chi connectivity index (χ1) is 17.3. The fraction of sp³-hybridized carbons (Fsp3) is 0.407. The molecule has 1 saturated carbocycles. The summed E-state index contributed by atoms with van der Waals surface area (Å²) in [6, 6.07) is 14.7. The maximum atomic E-state index is 13.1. The summed E-state index contributed by atoms with van der Waals surface area (Å²) in [6.07, 6.45) is 2.80. The Morgan fingerprint density at radius 1 is 1.06 bits per heavy atom. The number of carbonyl (C=O) groups is 2. The van der Waals surface area contributed by atoms with Crippen LogP contribution in [-0.4, -0.2) is 30.9 Å². The van der Waals surface area contributed by atoms with Crippen LogP contribution in [-0.2, 0) is 4.79 Å². The summed E-state index contributed by atoms with van der Waals surface area (Å²) in [7, 11) is 0. The van der Waals surface area contributed by atoms with Crippen LogP contribution in [0, 0.1) is 17.8 Å². The molecule has 0 aliphatic heterocycles. The number of thiophene rings is 1. The predicted molar refractivity (Wildman–Crippen MR) is 152 cm³/mol. The molecule has 3 N–H and O–H groups in total. The van der Waals surface area contributed by atoms with Crippen molar-refractivity contribution in [1.82, 2.24) is 15.4 Å². The highest BCUT2D eigenvalue weighted by atomic mass is 35.5. The van der Waals surface area contributed by atoms with Gasteiger partial charge in [0.25, 0.3) is 5.91 Å². The second kappa shape index (κ2) is 12.7. The monoisotopic (exact) mass is 563 g/mol. The molecule has 192 valence electrons. The topological polar surface area (TPSA) is 70.2 Å². The average Bonchev–Trinajstić information content (AvgIpc) is 3.26. The van der Waals surface area contributed by atoms with E-state index in [2.05, 4.69) is 29.2 Å². The molecule has 2 aromatic carbocycles. The summed E-state index contributed by atoms with van der Waals surface area (Å²) >= 11 is 15.2. The van der Waals surface area contributed by atoms with E-state index in [1.54, 1.807) is 6.07 Å². The van der Waals surface area contributed by atoms with Gasteiger partial charge < -0.3 is 10.6 Å². The van der Waals surface area contributed by atoms with Gasteiger partial charge in [0.15, 0.2) is 0 Å². The molecule has 1 aromatic heterocycles. The van der Waals surface area contributed by atoms with Crippen molar-refractivity contribution in [3.05, 3.63) is 63.5 Å². The molecule has 0 radical (unpaired) electrons. The molecule has 1 aliphatic rings. The minimum absolute atomic E-state index is 0.112. The van der Waals surface area contributed by atoms with Gasteiger partial charge in [-0.05, 0) is 84.7 Å². The Balaban J connectivity index is 1.26. The summed E-state index contributed by atoms with van der Waals surface area (Å²) in [5, 5.41) is 8.38. The van der Waals surface area contributed by atoms with E-state index >= 15 is 0 Å². The second-order valence-electron chi connectivity index (χ2n) is 9.67. The lowest BCUT2D eigenvalue weighted by atomic mass is 9.73. The molecule has 1 heterocycles. The number of hydrogen-bond donors (Lipinski definition) is 3. The van der Waals surface area contributed by atoms with Gasteiger partial charge in [0.2, 0.25) is 5.91 Å². The van der Waals surface area contributed by atoms with Crippen molar-refractivity contribution in [1.29, 1.82) is 0 Å². The largest absolute Gasteiger partial charge is 0.354 e. The van der Waals surface area contributed by atoms with Gasteiger partial charge in [-0.2, -0.15) is 0 Å². The van der Waals surface area contributed by atoms with Crippen LogP contribution < -0.4 is 15.4 Å². The highest BCUT2D eigenvalue weighted by Gasteiger charge is 2.32. The Kier molecular flexibility index (Phi) is 9.58. The number of amides is 2. The first-order valence-corrected chi connectivity index (χ1v) is 14.6. The van der Waals surface area contributed by atoms with Crippen LogP contribution in [0.3, 0.4) is 0 Å². The van der Waals surface area contributed by atoms with Gasteiger partial charge in [-0.15, -0.1) is 11.3 Å². The van der Waals surface area contributed by atoms with Crippen LogP contribution in [0.2, 0.25) is 10.0 Å². The smallest absolute Gasteiger partial charge is 0.262 e. The molecule has 1 fully saturated rings. The lowest BCUT2D eigenvalue weighted by Gasteiger charge is -2.37. The summed E-state index contributed by atoms with van der Waals surface area (Å²) in [5.74, 6) is 0.877. The molecule has 3 atom stereocenters. The maximum Gasteiger partial charge on any atom is 0.262 e. The van der Waals surface area contributed by atoms with Gasteiger partial charge in [-0.1, -0.05) is 55.2 Å². The minimum atomic E-state index is -0.554. The average molecular weight is 565 g/mol. The molecule has 9 heteroatoms. The third kappa shape index (κ3) is 7.17. The first-order valence-electron chi connectivity index (χ1n) is 12.2. The predicted octanol–water partition coefficient (Wildman–Crippen LogP) is 6.79. The molecule has 0 bridgehead atoms. The van der Waals surface area contributed by atoms with E-state index in [1.807, 2.05) is 42.5 Å². The van der Waals surface area contributed by atoms with Gasteiger partial charge in [0, 0.05) is 27.7 Å². The zero-order valence-corrected chi connectivity index (χ0v) is 23.5. The molecule has 5 nitrogen and oxygen atoms in total. The fourth-order valence-corrected chi connectivity index (χ4v) is 6.58. The Hall–Kier alpha value is -1.77. The molecule has 3 unspecified atom stereocenters. The normalized spacial score (nSPS) is 18.1. The van der Waals surface area contributed by atoms with Crippen LogP contribution in [0.4, 0.5) is 0 Å². The molecular weight excluding hydrogens is 533 g/mol. The van der Waals surface area contributed by atoms with Crippen molar-refractivity contribution in [2.24, 2.45) is 17.8 Å². The second-order valence-corrected chi connectivity index (χ2v) is 12.5. The van der Waals surface area contributed by atoms with E-state index in [0.29, 0.717) is 39.7 Å². The maximum absolute atomic E-state index is 13.1. The number of carbonyl (C=O) groups excluding carboxylic acids is 2. The molecule has 4 rings (SSSR count). The standard InChI is InChI=1S/C27H31Cl2N3O2S2/c1-16(2)11-22(32-27(34)25-12-17-5-3-4-6-23(17)35-25)26(33)30-14-18-7-8-19(18)15-31-36-24-10-9-20(28)13-21(24)29/h3-6,9-10,12-13,16,18-19,22,31H,7-8,11,14-15H2,1-2H3,(H,30,33)(H,32,34). The molecular formula is C27H31Cl2N3O2S2. The van der Waals surface area contributed by atoms with E-state index < -0.39 is 6.04 Å². The Morgan fingerprint density at radius 2 is 1.81 bits per heavy atom. The van der Waals surface area contributed by atoms with Crippen LogP contribution in [0.5, 0.6) is 0 Å². The molecule has 0 spiro atoms. The van der Waals surface area contributed by atoms with E-state index in [-0.39, 0.29) is 17.7 Å². The van der Waals surface area contributed by atoms with Gasteiger partial charge in [0.1, 0.15) is 6.04 Å². The lowest BCUT2D eigenvalue weighted by molar-refractivity contribution is -0.123. The number of rotatable bonds is 11. The number of halogens is 2. The van der Waals surface area contributed by atoms with Crippen molar-refractivity contribution in [2.75, 3.05) is 13.1 Å². The van der Waals surface area contributed by atoms with E-state index in [1.165, 1.54) is 23.3 Å². The van der Waals surface area contributed by atoms with E-state index in [4.69, 9.17) is 23.2 Å². The summed E-state index contributed by atoms with van der Waals surface area (Å²) in [6.45, 7) is 5.57. The highest BCUT2D eigenvalue weighted by Crippen LogP contribution is 2.35. The van der Waals surface area contributed by atoms with Crippen LogP contribution in [0.25, 0.3) is 10.1 Å². The van der Waals surface area contributed by atoms with E-state index in [0.717, 1.165) is 34.4 Å². The van der Waals surface area contributed by atoms with Gasteiger partial charge >= 0.3 is 0 Å². The van der Waals surface area contributed by atoms with E-state index in [9.17, 15) is 9.59 Å². The summed E-state index contributed by atoms with van der Waals surface area (Å²) in [4.78, 5) is 27.6. The number of nitrogens with one attached hydrogen (secondary N) is 3. The number of hydrogen-bond acceptors (Lipinski definition) is 5. The van der Waals surface area contributed by atoms with Crippen LogP contribution in [0.15, 0.2) is 53.4 Å². The summed E-state index contributed by atoms with van der Waals surface area (Å²) in [5.41, 5.74) is 0. The van der Waals surface area contributed by atoms with Crippen molar-refractivity contribution in [3.8, 4) is 0 Å². The van der Waals surface area contributed by atoms with Crippen molar-refractivity contribution < 1.29 is 9.59 Å². The molecule has 36 heavy (non-hydrogen) atoms. The Bertz CT molecular complexity index is 1180. The van der Waals surface area contributed by atoms with Crippen LogP contribution in [0.1, 0.15) is 42.8 Å². The summed E-state index contributed by atoms with van der Waals surface area (Å²) < 4.78 is 4.47. The van der Waals surface area contributed by atoms with Crippen molar-refractivity contribution in [3.63, 3.8) is 0 Å². The number of benzene rings is 2. The van der Waals surface area contributed by atoms with Crippen LogP contribution >= 0.6 is 46.5 Å². The molecule has 3 aromatic rings. The minimum Gasteiger partial charge on any atom is -0.354 e. The fourth-order valence-electron chi connectivity index (χ4n) is 4.34.